The van der Waals surface area contributed by atoms with Gasteiger partial charge in [-0.05, 0) is 24.6 Å². The Morgan fingerprint density at radius 1 is 1.07 bits per heavy atom. The van der Waals surface area contributed by atoms with Crippen LogP contribution < -0.4 is 4.90 Å². The molecule has 0 amide bonds. The van der Waals surface area contributed by atoms with Crippen LogP contribution in [0.5, 0.6) is 0 Å². The standard InChI is InChI=1S/C17H18N4.C2H4O2.C2H6/c1-14-6-8-15(9-7-14)13-21(16-5-3-4-11-18-16)17-10-12-20(2)19-17;1-4-2-3;1-2/h3-12H,13H2,1-2H3;2H,1H3;1-2H3. The van der Waals surface area contributed by atoms with Crippen molar-refractivity contribution in [1.29, 1.82) is 0 Å². The quantitative estimate of drug-likeness (QED) is 0.629. The van der Waals surface area contributed by atoms with Gasteiger partial charge in [0.2, 0.25) is 0 Å². The van der Waals surface area contributed by atoms with E-state index in [0.717, 1.165) is 18.2 Å². The summed E-state index contributed by atoms with van der Waals surface area (Å²) in [6.07, 6.45) is 3.75. The fourth-order valence-corrected chi connectivity index (χ4v) is 2.22. The number of ether oxygens (including phenoxy) is 1. The van der Waals surface area contributed by atoms with Crippen molar-refractivity contribution < 1.29 is 9.53 Å². The van der Waals surface area contributed by atoms with Gasteiger partial charge in [-0.1, -0.05) is 49.7 Å². The third-order valence-corrected chi connectivity index (χ3v) is 3.46. The van der Waals surface area contributed by atoms with Crippen molar-refractivity contribution in [3.63, 3.8) is 0 Å². The molecule has 0 saturated carbocycles. The van der Waals surface area contributed by atoms with Gasteiger partial charge in [0.15, 0.2) is 5.82 Å². The van der Waals surface area contributed by atoms with Crippen LogP contribution in [0.4, 0.5) is 11.6 Å². The van der Waals surface area contributed by atoms with Crippen LogP contribution in [0.25, 0.3) is 0 Å². The molecule has 0 N–H and O–H groups in total. The van der Waals surface area contributed by atoms with Gasteiger partial charge < -0.3 is 9.64 Å². The minimum absolute atomic E-state index is 0.375. The van der Waals surface area contributed by atoms with Gasteiger partial charge in [0.25, 0.3) is 6.47 Å². The summed E-state index contributed by atoms with van der Waals surface area (Å²) >= 11 is 0. The molecule has 2 heterocycles. The summed E-state index contributed by atoms with van der Waals surface area (Å²) in [6.45, 7) is 7.22. The van der Waals surface area contributed by atoms with Crippen LogP contribution in [0.15, 0.2) is 60.9 Å². The zero-order valence-corrected chi connectivity index (χ0v) is 16.7. The average molecular weight is 368 g/mol. The molecule has 0 saturated heterocycles. The highest BCUT2D eigenvalue weighted by Crippen LogP contribution is 2.23. The number of carbonyl (C=O) groups excluding carboxylic acids is 1. The molecule has 0 aliphatic carbocycles. The summed E-state index contributed by atoms with van der Waals surface area (Å²) in [6, 6.07) is 16.5. The van der Waals surface area contributed by atoms with Crippen molar-refractivity contribution in [2.45, 2.75) is 27.3 Å². The molecule has 0 aliphatic rings. The van der Waals surface area contributed by atoms with E-state index in [9.17, 15) is 0 Å². The Labute approximate surface area is 161 Å². The average Bonchev–Trinajstić information content (AvgIpc) is 3.16. The monoisotopic (exact) mass is 368 g/mol. The molecule has 3 aromatic rings. The number of methoxy groups -OCH3 is 1. The summed E-state index contributed by atoms with van der Waals surface area (Å²) in [5, 5.41) is 4.50. The SMILES string of the molecule is CC.COC=O.Cc1ccc(CN(c2ccccn2)c2ccn(C)n2)cc1. The van der Waals surface area contributed by atoms with E-state index in [-0.39, 0.29) is 0 Å². The Kier molecular flexibility index (Phi) is 9.93. The van der Waals surface area contributed by atoms with E-state index in [1.807, 2.05) is 51.4 Å². The maximum absolute atomic E-state index is 8.95. The molecule has 1 aromatic carbocycles. The van der Waals surface area contributed by atoms with Gasteiger partial charge in [0.05, 0.1) is 13.7 Å². The highest BCUT2D eigenvalue weighted by atomic mass is 16.5. The summed E-state index contributed by atoms with van der Waals surface area (Å²) < 4.78 is 5.67. The lowest BCUT2D eigenvalue weighted by atomic mass is 10.1. The first-order chi connectivity index (χ1) is 13.1. The Bertz CT molecular complexity index is 770. The fourth-order valence-electron chi connectivity index (χ4n) is 2.22. The Hall–Kier alpha value is -3.15. The first-order valence-corrected chi connectivity index (χ1v) is 8.84. The summed E-state index contributed by atoms with van der Waals surface area (Å²) in [7, 11) is 3.24. The van der Waals surface area contributed by atoms with Gasteiger partial charge >= 0.3 is 0 Å². The topological polar surface area (TPSA) is 60.2 Å². The maximum atomic E-state index is 8.95. The Morgan fingerprint density at radius 3 is 2.22 bits per heavy atom. The first-order valence-electron chi connectivity index (χ1n) is 8.84. The van der Waals surface area contributed by atoms with E-state index < -0.39 is 0 Å². The van der Waals surface area contributed by atoms with Gasteiger partial charge in [0, 0.05) is 25.5 Å². The molecule has 0 aliphatic heterocycles. The number of pyridine rings is 1. The lowest BCUT2D eigenvalue weighted by Crippen LogP contribution is -2.18. The maximum Gasteiger partial charge on any atom is 0.292 e. The smallest absolute Gasteiger partial charge is 0.292 e. The molecule has 0 radical (unpaired) electrons. The number of anilines is 2. The predicted molar refractivity (Wildman–Crippen MR) is 109 cm³/mol. The number of benzene rings is 1. The van der Waals surface area contributed by atoms with Crippen LogP contribution in [0.2, 0.25) is 0 Å². The second kappa shape index (κ2) is 12.2. The van der Waals surface area contributed by atoms with Crippen LogP contribution in [-0.4, -0.2) is 28.3 Å². The molecule has 27 heavy (non-hydrogen) atoms. The van der Waals surface area contributed by atoms with Crippen molar-refractivity contribution in [3.8, 4) is 0 Å². The molecule has 6 nitrogen and oxygen atoms in total. The molecule has 0 spiro atoms. The summed E-state index contributed by atoms with van der Waals surface area (Å²) in [5.41, 5.74) is 2.50. The third-order valence-electron chi connectivity index (χ3n) is 3.46. The second-order valence-corrected chi connectivity index (χ2v) is 5.44. The molecule has 0 atom stereocenters. The summed E-state index contributed by atoms with van der Waals surface area (Å²) in [5.74, 6) is 1.80. The van der Waals surface area contributed by atoms with Gasteiger partial charge in [0.1, 0.15) is 5.82 Å². The van der Waals surface area contributed by atoms with Crippen molar-refractivity contribution in [2.24, 2.45) is 7.05 Å². The Morgan fingerprint density at radius 2 is 1.74 bits per heavy atom. The largest absolute Gasteiger partial charge is 0.471 e. The number of nitrogens with zero attached hydrogens (tertiary/aromatic N) is 4. The Balaban J connectivity index is 0.000000541. The fraction of sp³-hybridized carbons (Fsp3) is 0.286. The molecule has 0 fully saturated rings. The van der Waals surface area contributed by atoms with Gasteiger partial charge in [-0.25, -0.2) is 4.98 Å². The van der Waals surface area contributed by atoms with Crippen LogP contribution in [0.1, 0.15) is 25.0 Å². The van der Waals surface area contributed by atoms with Gasteiger partial charge in [-0.15, -0.1) is 0 Å². The molecule has 0 unspecified atom stereocenters. The van der Waals surface area contributed by atoms with Crippen molar-refractivity contribution in [3.05, 3.63) is 72.1 Å². The molecule has 0 bridgehead atoms. The van der Waals surface area contributed by atoms with Crippen molar-refractivity contribution >= 4 is 18.1 Å². The molecule has 3 rings (SSSR count). The predicted octanol–water partition coefficient (Wildman–Crippen LogP) is 4.28. The van der Waals surface area contributed by atoms with Crippen molar-refractivity contribution in [2.75, 3.05) is 12.0 Å². The zero-order chi connectivity index (χ0) is 20.1. The van der Waals surface area contributed by atoms with E-state index in [4.69, 9.17) is 4.79 Å². The molecule has 2 aromatic heterocycles. The number of hydrogen-bond donors (Lipinski definition) is 0. The third kappa shape index (κ3) is 7.32. The minimum atomic E-state index is 0.375. The van der Waals surface area contributed by atoms with Gasteiger partial charge in [-0.2, -0.15) is 5.10 Å². The number of hydrogen-bond acceptors (Lipinski definition) is 5. The highest BCUT2D eigenvalue weighted by Gasteiger charge is 2.13. The van der Waals surface area contributed by atoms with Gasteiger partial charge in [-0.3, -0.25) is 9.48 Å². The van der Waals surface area contributed by atoms with E-state index in [1.54, 1.807) is 10.9 Å². The highest BCUT2D eigenvalue weighted by molar-refractivity contribution is 5.55. The minimum Gasteiger partial charge on any atom is -0.471 e. The molecular weight excluding hydrogens is 340 g/mol. The van der Waals surface area contributed by atoms with Crippen LogP contribution in [0.3, 0.4) is 0 Å². The second-order valence-electron chi connectivity index (χ2n) is 5.44. The molecular formula is C21H28N4O2. The number of aromatic nitrogens is 3. The normalized spacial score (nSPS) is 9.22. The van der Waals surface area contributed by atoms with Crippen LogP contribution in [-0.2, 0) is 23.1 Å². The number of carbonyl (C=O) groups is 1. The number of aryl methyl sites for hydroxylation is 2. The van der Waals surface area contributed by atoms with Crippen molar-refractivity contribution in [1.82, 2.24) is 14.8 Å². The molecule has 144 valence electrons. The van der Waals surface area contributed by atoms with E-state index >= 15 is 0 Å². The number of rotatable bonds is 5. The molecule has 6 heteroatoms. The van der Waals surface area contributed by atoms with Crippen LogP contribution >= 0.6 is 0 Å². The first kappa shape index (κ1) is 21.9. The van der Waals surface area contributed by atoms with Crippen LogP contribution in [0, 0.1) is 6.92 Å². The zero-order valence-electron chi connectivity index (χ0n) is 16.7. The van der Waals surface area contributed by atoms with E-state index in [0.29, 0.717) is 6.47 Å². The lowest BCUT2D eigenvalue weighted by molar-refractivity contribution is -0.126. The summed E-state index contributed by atoms with van der Waals surface area (Å²) in [4.78, 5) is 15.5. The lowest BCUT2D eigenvalue weighted by Gasteiger charge is -2.21. The van der Waals surface area contributed by atoms with E-state index in [2.05, 4.69) is 50.9 Å². The van der Waals surface area contributed by atoms with E-state index in [1.165, 1.54) is 18.2 Å².